The number of hydrogen-bond donors (Lipinski definition) is 2. The second-order valence-corrected chi connectivity index (χ2v) is 8.80. The van der Waals surface area contributed by atoms with Crippen molar-refractivity contribution in [1.82, 2.24) is 10.0 Å². The predicted octanol–water partition coefficient (Wildman–Crippen LogP) is 3.01. The van der Waals surface area contributed by atoms with E-state index in [-0.39, 0.29) is 16.6 Å². The van der Waals surface area contributed by atoms with Crippen LogP contribution < -0.4 is 14.8 Å². The van der Waals surface area contributed by atoms with Crippen molar-refractivity contribution in [3.05, 3.63) is 59.9 Å². The van der Waals surface area contributed by atoms with Gasteiger partial charge in [0.2, 0.25) is 5.91 Å². The van der Waals surface area contributed by atoms with Crippen LogP contribution in [0, 0.1) is 5.82 Å². The topological polar surface area (TPSA) is 96.9 Å². The molecule has 1 aliphatic heterocycles. The van der Waals surface area contributed by atoms with Crippen LogP contribution in [0.3, 0.4) is 0 Å². The molecular formula is C22H26FN3O4S. The minimum atomic E-state index is -3.50. The standard InChI is InChI=1S/C22H26FN3O4S/c23-17-10-12-18(13-11-17)30-16-6-15-24-21(27)9-2-1-5-14-25-22-19-7-3-4-8-20(19)31(28,29)26-22/h3-4,7-8,10-13H,1-2,5-6,9,14-16H2,(H,24,27)(H,25,26). The molecule has 0 saturated carbocycles. The van der Waals surface area contributed by atoms with Gasteiger partial charge in [-0.25, -0.2) is 12.8 Å². The number of amidine groups is 1. The second-order valence-electron chi connectivity index (χ2n) is 7.15. The Morgan fingerprint density at radius 3 is 2.61 bits per heavy atom. The molecule has 0 aromatic heterocycles. The molecule has 31 heavy (non-hydrogen) atoms. The summed E-state index contributed by atoms with van der Waals surface area (Å²) in [5.74, 6) is 0.674. The van der Waals surface area contributed by atoms with Crippen LogP contribution >= 0.6 is 0 Å². The average Bonchev–Trinajstić information content (AvgIpc) is 3.02. The maximum absolute atomic E-state index is 12.8. The number of aliphatic imine (C=N–C) groups is 1. The molecule has 0 atom stereocenters. The Labute approximate surface area is 181 Å². The number of amides is 1. The molecule has 1 amide bonds. The van der Waals surface area contributed by atoms with Crippen LogP contribution in [0.5, 0.6) is 5.75 Å². The average molecular weight is 448 g/mol. The van der Waals surface area contributed by atoms with Crippen molar-refractivity contribution >= 4 is 21.8 Å². The summed E-state index contributed by atoms with van der Waals surface area (Å²) in [6.07, 6.45) is 3.44. The van der Waals surface area contributed by atoms with Gasteiger partial charge in [-0.2, -0.15) is 0 Å². The maximum atomic E-state index is 12.8. The molecule has 7 nitrogen and oxygen atoms in total. The minimum Gasteiger partial charge on any atom is -0.494 e. The van der Waals surface area contributed by atoms with Crippen LogP contribution in [0.2, 0.25) is 0 Å². The van der Waals surface area contributed by atoms with Gasteiger partial charge in [-0.3, -0.25) is 14.5 Å². The Morgan fingerprint density at radius 2 is 1.81 bits per heavy atom. The Balaban J connectivity index is 1.25. The molecule has 0 radical (unpaired) electrons. The first-order valence-corrected chi connectivity index (χ1v) is 11.8. The summed E-state index contributed by atoms with van der Waals surface area (Å²) in [5, 5.41) is 2.85. The van der Waals surface area contributed by atoms with Crippen LogP contribution in [0.4, 0.5) is 4.39 Å². The molecule has 0 saturated heterocycles. The SMILES string of the molecule is O=C(CCCCCN=C1NS(=O)(=O)c2ccccc21)NCCCOc1ccc(F)cc1. The highest BCUT2D eigenvalue weighted by atomic mass is 32.2. The molecule has 1 heterocycles. The first-order chi connectivity index (χ1) is 15.0. The first-order valence-electron chi connectivity index (χ1n) is 10.3. The predicted molar refractivity (Wildman–Crippen MR) is 116 cm³/mol. The lowest BCUT2D eigenvalue weighted by atomic mass is 10.2. The molecule has 3 rings (SSSR count). The number of nitrogens with one attached hydrogen (secondary N) is 2. The third kappa shape index (κ3) is 6.78. The number of rotatable bonds is 11. The van der Waals surface area contributed by atoms with Crippen molar-refractivity contribution in [2.45, 2.75) is 37.0 Å². The van der Waals surface area contributed by atoms with E-state index >= 15 is 0 Å². The molecular weight excluding hydrogens is 421 g/mol. The number of benzene rings is 2. The van der Waals surface area contributed by atoms with E-state index in [1.807, 2.05) is 0 Å². The number of hydrogen-bond acceptors (Lipinski definition) is 5. The number of carbonyl (C=O) groups excluding carboxylic acids is 1. The van der Waals surface area contributed by atoms with E-state index < -0.39 is 10.0 Å². The Hall–Kier alpha value is -2.94. The van der Waals surface area contributed by atoms with E-state index in [1.165, 1.54) is 12.1 Å². The lowest BCUT2D eigenvalue weighted by molar-refractivity contribution is -0.121. The Morgan fingerprint density at radius 1 is 1.03 bits per heavy atom. The largest absolute Gasteiger partial charge is 0.494 e. The number of ether oxygens (including phenoxy) is 1. The second kappa shape index (κ2) is 10.9. The highest BCUT2D eigenvalue weighted by Gasteiger charge is 2.29. The molecule has 0 unspecified atom stereocenters. The number of sulfonamides is 1. The molecule has 9 heteroatoms. The lowest BCUT2D eigenvalue weighted by Crippen LogP contribution is -2.25. The molecule has 1 aliphatic rings. The summed E-state index contributed by atoms with van der Waals surface area (Å²) in [7, 11) is -3.50. The molecule has 0 spiro atoms. The zero-order valence-electron chi connectivity index (χ0n) is 17.1. The quantitative estimate of drug-likeness (QED) is 0.518. The molecule has 0 bridgehead atoms. The van der Waals surface area contributed by atoms with Crippen LogP contribution in [0.1, 0.15) is 37.7 Å². The highest BCUT2D eigenvalue weighted by molar-refractivity contribution is 7.90. The van der Waals surface area contributed by atoms with E-state index in [1.54, 1.807) is 36.4 Å². The molecule has 2 N–H and O–H groups in total. The van der Waals surface area contributed by atoms with Gasteiger partial charge in [0.05, 0.1) is 11.5 Å². The monoisotopic (exact) mass is 447 g/mol. The first kappa shape index (κ1) is 22.7. The minimum absolute atomic E-state index is 0.00873. The highest BCUT2D eigenvalue weighted by Crippen LogP contribution is 2.22. The Bertz CT molecular complexity index is 1020. The summed E-state index contributed by atoms with van der Waals surface area (Å²) in [6.45, 7) is 1.46. The van der Waals surface area contributed by atoms with Crippen molar-refractivity contribution in [1.29, 1.82) is 0 Å². The van der Waals surface area contributed by atoms with E-state index in [4.69, 9.17) is 4.74 Å². The summed E-state index contributed by atoms with van der Waals surface area (Å²) >= 11 is 0. The number of nitrogens with zero attached hydrogens (tertiary/aromatic N) is 1. The Kier molecular flexibility index (Phi) is 8.00. The smallest absolute Gasteiger partial charge is 0.263 e. The zero-order valence-corrected chi connectivity index (χ0v) is 18.0. The van der Waals surface area contributed by atoms with Crippen LogP contribution in [-0.4, -0.2) is 39.9 Å². The van der Waals surface area contributed by atoms with E-state index in [0.29, 0.717) is 49.7 Å². The van der Waals surface area contributed by atoms with Gasteiger partial charge in [0.15, 0.2) is 0 Å². The van der Waals surface area contributed by atoms with E-state index in [2.05, 4.69) is 15.0 Å². The summed E-state index contributed by atoms with van der Waals surface area (Å²) in [4.78, 5) is 16.5. The summed E-state index contributed by atoms with van der Waals surface area (Å²) in [5.41, 5.74) is 0.602. The number of fused-ring (bicyclic) bond motifs is 1. The fourth-order valence-electron chi connectivity index (χ4n) is 3.13. The third-order valence-electron chi connectivity index (χ3n) is 4.72. The number of carbonyl (C=O) groups is 1. The van der Waals surface area contributed by atoms with Gasteiger partial charge in [-0.05, 0) is 55.7 Å². The van der Waals surface area contributed by atoms with Crippen LogP contribution in [-0.2, 0) is 14.8 Å². The van der Waals surface area contributed by atoms with Gasteiger partial charge in [0, 0.05) is 25.1 Å². The van der Waals surface area contributed by atoms with Gasteiger partial charge in [-0.15, -0.1) is 0 Å². The summed E-state index contributed by atoms with van der Waals surface area (Å²) < 4.78 is 44.8. The van der Waals surface area contributed by atoms with Crippen molar-refractivity contribution in [2.75, 3.05) is 19.7 Å². The maximum Gasteiger partial charge on any atom is 0.263 e. The van der Waals surface area contributed by atoms with E-state index in [9.17, 15) is 17.6 Å². The van der Waals surface area contributed by atoms with Gasteiger partial charge < -0.3 is 10.1 Å². The molecule has 2 aromatic carbocycles. The number of unbranched alkanes of at least 4 members (excludes halogenated alkanes) is 2. The zero-order chi connectivity index (χ0) is 22.1. The van der Waals surface area contributed by atoms with Crippen molar-refractivity contribution in [3.8, 4) is 5.75 Å². The lowest BCUT2D eigenvalue weighted by Gasteiger charge is -2.07. The van der Waals surface area contributed by atoms with Gasteiger partial charge in [0.25, 0.3) is 10.0 Å². The molecule has 0 fully saturated rings. The normalized spacial score (nSPS) is 15.3. The van der Waals surface area contributed by atoms with Gasteiger partial charge in [0.1, 0.15) is 17.4 Å². The van der Waals surface area contributed by atoms with Crippen molar-refractivity contribution < 1.29 is 22.3 Å². The number of halogens is 1. The molecule has 0 aliphatic carbocycles. The molecule has 2 aromatic rings. The van der Waals surface area contributed by atoms with Crippen molar-refractivity contribution in [3.63, 3.8) is 0 Å². The van der Waals surface area contributed by atoms with Crippen LogP contribution in [0.15, 0.2) is 58.4 Å². The van der Waals surface area contributed by atoms with Crippen LogP contribution in [0.25, 0.3) is 0 Å². The third-order valence-corrected chi connectivity index (χ3v) is 6.12. The van der Waals surface area contributed by atoms with E-state index in [0.717, 1.165) is 19.3 Å². The fraction of sp³-hybridized carbons (Fsp3) is 0.364. The van der Waals surface area contributed by atoms with Gasteiger partial charge in [-0.1, -0.05) is 18.6 Å². The van der Waals surface area contributed by atoms with Crippen molar-refractivity contribution in [2.24, 2.45) is 4.99 Å². The van der Waals surface area contributed by atoms with Gasteiger partial charge >= 0.3 is 0 Å². The molecule has 166 valence electrons. The fourth-order valence-corrected chi connectivity index (χ4v) is 4.38. The summed E-state index contributed by atoms with van der Waals surface area (Å²) in [6, 6.07) is 12.6.